The minimum absolute atomic E-state index is 0.0914. The first-order chi connectivity index (χ1) is 10.6. The van der Waals surface area contributed by atoms with E-state index in [1.165, 1.54) is 18.2 Å². The number of urea groups is 1. The Labute approximate surface area is 130 Å². The van der Waals surface area contributed by atoms with Gasteiger partial charge in [-0.05, 0) is 26.0 Å². The number of alkyl halides is 3. The van der Waals surface area contributed by atoms with Crippen LogP contribution >= 0.6 is 0 Å². The van der Waals surface area contributed by atoms with Crippen molar-refractivity contribution >= 4 is 11.7 Å². The molecule has 2 N–H and O–H groups in total. The van der Waals surface area contributed by atoms with Crippen molar-refractivity contribution in [1.29, 1.82) is 0 Å². The minimum Gasteiger partial charge on any atom is -0.404 e. The molecule has 1 saturated heterocycles. The molecule has 1 aliphatic heterocycles. The number of amides is 2. The molecule has 1 unspecified atom stereocenters. The van der Waals surface area contributed by atoms with Gasteiger partial charge in [-0.1, -0.05) is 12.1 Å². The number of ether oxygens (including phenoxy) is 3. The van der Waals surface area contributed by atoms with E-state index in [9.17, 15) is 18.0 Å². The Morgan fingerprint density at radius 1 is 1.39 bits per heavy atom. The largest absolute Gasteiger partial charge is 0.573 e. The molecule has 1 heterocycles. The standard InChI is InChI=1S/C14H17F3N2O4/c1-13(2)21-8-9(22-13)7-18-12(20)19-10-5-3-4-6-11(10)23-14(15,16)17/h3-6,9H,7-8H2,1-2H3,(H2,18,19,20). The average Bonchev–Trinajstić information content (AvgIpc) is 2.77. The zero-order chi connectivity index (χ0) is 17.1. The number of nitrogens with one attached hydrogen (secondary N) is 2. The third kappa shape index (κ3) is 5.61. The summed E-state index contributed by atoms with van der Waals surface area (Å²) < 4.78 is 51.6. The van der Waals surface area contributed by atoms with E-state index in [-0.39, 0.29) is 18.3 Å². The number of halogens is 3. The van der Waals surface area contributed by atoms with Crippen molar-refractivity contribution in [2.45, 2.75) is 32.1 Å². The van der Waals surface area contributed by atoms with Gasteiger partial charge in [0, 0.05) is 6.54 Å². The number of carbonyl (C=O) groups is 1. The maximum Gasteiger partial charge on any atom is 0.573 e. The predicted molar refractivity (Wildman–Crippen MR) is 75.1 cm³/mol. The summed E-state index contributed by atoms with van der Waals surface area (Å²) in [5, 5.41) is 4.82. The number of hydrogen-bond acceptors (Lipinski definition) is 4. The smallest absolute Gasteiger partial charge is 0.404 e. The van der Waals surface area contributed by atoms with E-state index in [2.05, 4.69) is 15.4 Å². The monoisotopic (exact) mass is 334 g/mol. The van der Waals surface area contributed by atoms with Crippen LogP contribution in [0.3, 0.4) is 0 Å². The van der Waals surface area contributed by atoms with Gasteiger partial charge < -0.3 is 24.8 Å². The highest BCUT2D eigenvalue weighted by molar-refractivity contribution is 5.90. The van der Waals surface area contributed by atoms with Crippen LogP contribution < -0.4 is 15.4 Å². The average molecular weight is 334 g/mol. The zero-order valence-corrected chi connectivity index (χ0v) is 12.6. The molecular weight excluding hydrogens is 317 g/mol. The second-order valence-electron chi connectivity index (χ2n) is 5.33. The van der Waals surface area contributed by atoms with Crippen LogP contribution in [0.25, 0.3) is 0 Å². The van der Waals surface area contributed by atoms with E-state index in [1.54, 1.807) is 13.8 Å². The summed E-state index contributed by atoms with van der Waals surface area (Å²) in [6.45, 7) is 3.98. The summed E-state index contributed by atoms with van der Waals surface area (Å²) in [5.41, 5.74) is -0.0914. The fourth-order valence-electron chi connectivity index (χ4n) is 2.02. The summed E-state index contributed by atoms with van der Waals surface area (Å²) in [5.74, 6) is -1.20. The first-order valence-corrected chi connectivity index (χ1v) is 6.86. The van der Waals surface area contributed by atoms with Gasteiger partial charge in [0.15, 0.2) is 11.5 Å². The topological polar surface area (TPSA) is 68.8 Å². The quantitative estimate of drug-likeness (QED) is 0.888. The highest BCUT2D eigenvalue weighted by atomic mass is 19.4. The summed E-state index contributed by atoms with van der Waals surface area (Å²) in [6, 6.07) is 4.60. The highest BCUT2D eigenvalue weighted by Crippen LogP contribution is 2.29. The lowest BCUT2D eigenvalue weighted by atomic mass is 10.3. The van der Waals surface area contributed by atoms with Gasteiger partial charge in [0.05, 0.1) is 12.3 Å². The van der Waals surface area contributed by atoms with Crippen molar-refractivity contribution in [1.82, 2.24) is 5.32 Å². The van der Waals surface area contributed by atoms with E-state index < -0.39 is 23.9 Å². The number of rotatable bonds is 4. The molecule has 0 aliphatic carbocycles. The van der Waals surface area contributed by atoms with Gasteiger partial charge in [0.1, 0.15) is 6.10 Å². The minimum atomic E-state index is -4.84. The molecule has 1 aliphatic rings. The van der Waals surface area contributed by atoms with Crippen molar-refractivity contribution in [2.75, 3.05) is 18.5 Å². The summed E-state index contributed by atoms with van der Waals surface area (Å²) in [7, 11) is 0. The molecular formula is C14H17F3N2O4. The second-order valence-corrected chi connectivity index (χ2v) is 5.33. The lowest BCUT2D eigenvalue weighted by Crippen LogP contribution is -2.37. The molecule has 1 fully saturated rings. The molecule has 0 bridgehead atoms. The molecule has 0 radical (unpaired) electrons. The van der Waals surface area contributed by atoms with Gasteiger partial charge in [-0.2, -0.15) is 0 Å². The van der Waals surface area contributed by atoms with Crippen molar-refractivity contribution in [2.24, 2.45) is 0 Å². The summed E-state index contributed by atoms with van der Waals surface area (Å²) >= 11 is 0. The fraction of sp³-hybridized carbons (Fsp3) is 0.500. The van der Waals surface area contributed by atoms with Crippen LogP contribution in [0.4, 0.5) is 23.7 Å². The lowest BCUT2D eigenvalue weighted by molar-refractivity contribution is -0.274. The first-order valence-electron chi connectivity index (χ1n) is 6.86. The van der Waals surface area contributed by atoms with Crippen molar-refractivity contribution in [3.63, 3.8) is 0 Å². The molecule has 1 aromatic carbocycles. The summed E-state index contributed by atoms with van der Waals surface area (Å²) in [4.78, 5) is 11.8. The van der Waals surface area contributed by atoms with Gasteiger partial charge in [0.25, 0.3) is 0 Å². The van der Waals surface area contributed by atoms with E-state index in [4.69, 9.17) is 9.47 Å². The number of anilines is 1. The number of hydrogen-bond donors (Lipinski definition) is 2. The Balaban J connectivity index is 1.88. The third-order valence-corrected chi connectivity index (χ3v) is 2.92. The zero-order valence-electron chi connectivity index (χ0n) is 12.6. The molecule has 2 rings (SSSR count). The predicted octanol–water partition coefficient (Wildman–Crippen LogP) is 2.86. The van der Waals surface area contributed by atoms with Gasteiger partial charge in [0.2, 0.25) is 0 Å². The highest BCUT2D eigenvalue weighted by Gasteiger charge is 2.33. The van der Waals surface area contributed by atoms with Crippen LogP contribution in [-0.4, -0.2) is 37.4 Å². The normalized spacial score (nSPS) is 20.1. The van der Waals surface area contributed by atoms with Crippen molar-refractivity contribution < 1.29 is 32.2 Å². The Kier molecular flexibility index (Phi) is 5.00. The molecule has 128 valence electrons. The van der Waals surface area contributed by atoms with Crippen LogP contribution in [0.5, 0.6) is 5.75 Å². The molecule has 23 heavy (non-hydrogen) atoms. The van der Waals surface area contributed by atoms with Crippen LogP contribution in [0.1, 0.15) is 13.8 Å². The molecule has 0 spiro atoms. The van der Waals surface area contributed by atoms with Gasteiger partial charge in [-0.3, -0.25) is 0 Å². The Bertz CT molecular complexity index is 563. The van der Waals surface area contributed by atoms with E-state index in [0.717, 1.165) is 6.07 Å². The van der Waals surface area contributed by atoms with Crippen molar-refractivity contribution in [3.8, 4) is 5.75 Å². The lowest BCUT2D eigenvalue weighted by Gasteiger charge is -2.17. The van der Waals surface area contributed by atoms with Gasteiger partial charge in [-0.25, -0.2) is 4.79 Å². The number of para-hydroxylation sites is 2. The third-order valence-electron chi connectivity index (χ3n) is 2.92. The van der Waals surface area contributed by atoms with Crippen LogP contribution in [0.15, 0.2) is 24.3 Å². The van der Waals surface area contributed by atoms with E-state index in [0.29, 0.717) is 6.61 Å². The molecule has 1 aromatic rings. The molecule has 6 nitrogen and oxygen atoms in total. The second kappa shape index (κ2) is 6.63. The van der Waals surface area contributed by atoms with Crippen molar-refractivity contribution in [3.05, 3.63) is 24.3 Å². The fourth-order valence-corrected chi connectivity index (χ4v) is 2.02. The molecule has 1 atom stereocenters. The van der Waals surface area contributed by atoms with Crippen LogP contribution in [-0.2, 0) is 9.47 Å². The maximum absolute atomic E-state index is 12.3. The molecule has 0 aromatic heterocycles. The van der Waals surface area contributed by atoms with Gasteiger partial charge in [-0.15, -0.1) is 13.2 Å². The Hall–Kier alpha value is -2.00. The molecule has 2 amide bonds. The number of carbonyl (C=O) groups excluding carboxylic acids is 1. The van der Waals surface area contributed by atoms with Crippen LogP contribution in [0.2, 0.25) is 0 Å². The first kappa shape index (κ1) is 17.4. The van der Waals surface area contributed by atoms with E-state index >= 15 is 0 Å². The summed E-state index contributed by atoms with van der Waals surface area (Å²) in [6.07, 6.45) is -5.16. The maximum atomic E-state index is 12.3. The number of benzene rings is 1. The Morgan fingerprint density at radius 3 is 2.70 bits per heavy atom. The molecule has 0 saturated carbocycles. The van der Waals surface area contributed by atoms with E-state index in [1.807, 2.05) is 0 Å². The van der Waals surface area contributed by atoms with Gasteiger partial charge >= 0.3 is 12.4 Å². The SMILES string of the molecule is CC1(C)OCC(CNC(=O)Nc2ccccc2OC(F)(F)F)O1. The molecule has 9 heteroatoms. The Morgan fingerprint density at radius 2 is 2.09 bits per heavy atom. The van der Waals surface area contributed by atoms with Crippen LogP contribution in [0, 0.1) is 0 Å².